The Kier molecular flexibility index (Phi) is 3.88. The van der Waals surface area contributed by atoms with Crippen LogP contribution >= 0.6 is 11.3 Å². The molecule has 0 radical (unpaired) electrons. The Balaban J connectivity index is 2.27. The summed E-state index contributed by atoms with van der Waals surface area (Å²) in [6.45, 7) is 0. The molecular weight excluding hydrogens is 234 g/mol. The van der Waals surface area contributed by atoms with Gasteiger partial charge >= 0.3 is 0 Å². The Morgan fingerprint density at radius 1 is 1.41 bits per heavy atom. The van der Waals surface area contributed by atoms with Gasteiger partial charge in [-0.25, -0.2) is 4.98 Å². The zero-order valence-electron chi connectivity index (χ0n) is 9.55. The van der Waals surface area contributed by atoms with Crippen LogP contribution in [0.25, 0.3) is 11.3 Å². The highest BCUT2D eigenvalue weighted by Gasteiger charge is 2.08. The molecule has 0 bridgehead atoms. The lowest BCUT2D eigenvalue weighted by molar-refractivity contribution is -0.107. The molecular formula is C13H13NO2S. The summed E-state index contributed by atoms with van der Waals surface area (Å²) in [4.78, 5) is 14.8. The minimum absolute atomic E-state index is 0.527. The molecule has 0 amide bonds. The van der Waals surface area contributed by atoms with Crippen molar-refractivity contribution >= 4 is 17.6 Å². The van der Waals surface area contributed by atoms with Gasteiger partial charge in [0, 0.05) is 23.8 Å². The summed E-state index contributed by atoms with van der Waals surface area (Å²) in [7, 11) is 1.65. The van der Waals surface area contributed by atoms with Crippen LogP contribution in [0, 0.1) is 0 Å². The Morgan fingerprint density at radius 2 is 2.24 bits per heavy atom. The third kappa shape index (κ3) is 2.71. The van der Waals surface area contributed by atoms with Crippen LogP contribution in [0.15, 0.2) is 29.6 Å². The molecule has 17 heavy (non-hydrogen) atoms. The van der Waals surface area contributed by atoms with Crippen molar-refractivity contribution in [2.45, 2.75) is 12.8 Å². The van der Waals surface area contributed by atoms with E-state index in [-0.39, 0.29) is 0 Å². The van der Waals surface area contributed by atoms with Crippen molar-refractivity contribution in [3.05, 3.63) is 34.7 Å². The fourth-order valence-corrected chi connectivity index (χ4v) is 2.40. The highest BCUT2D eigenvalue weighted by Crippen LogP contribution is 2.30. The van der Waals surface area contributed by atoms with E-state index in [0.29, 0.717) is 12.8 Å². The third-order valence-corrected chi connectivity index (χ3v) is 3.32. The number of benzene rings is 1. The molecule has 2 aromatic rings. The summed E-state index contributed by atoms with van der Waals surface area (Å²) in [6.07, 6.45) is 2.16. The first kappa shape index (κ1) is 11.8. The molecule has 0 saturated carbocycles. The van der Waals surface area contributed by atoms with E-state index in [1.165, 1.54) is 0 Å². The fraction of sp³-hybridized carbons (Fsp3) is 0.231. The Bertz CT molecular complexity index is 508. The molecule has 0 aliphatic rings. The molecule has 4 heteroatoms. The predicted molar refractivity (Wildman–Crippen MR) is 68.5 cm³/mol. The highest BCUT2D eigenvalue weighted by atomic mass is 32.1. The van der Waals surface area contributed by atoms with Gasteiger partial charge in [-0.1, -0.05) is 12.1 Å². The quantitative estimate of drug-likeness (QED) is 0.762. The van der Waals surface area contributed by atoms with Crippen molar-refractivity contribution < 1.29 is 9.53 Å². The second kappa shape index (κ2) is 5.59. The average molecular weight is 247 g/mol. The summed E-state index contributed by atoms with van der Waals surface area (Å²) in [5.74, 6) is 0.819. The highest BCUT2D eigenvalue weighted by molar-refractivity contribution is 7.09. The molecule has 0 atom stereocenters. The molecule has 1 aromatic heterocycles. The number of carbonyl (C=O) groups is 1. The molecule has 0 saturated heterocycles. The third-order valence-electron chi connectivity index (χ3n) is 2.41. The fourth-order valence-electron chi connectivity index (χ4n) is 1.59. The van der Waals surface area contributed by atoms with Crippen molar-refractivity contribution in [1.82, 2.24) is 4.98 Å². The van der Waals surface area contributed by atoms with Crippen molar-refractivity contribution in [1.29, 1.82) is 0 Å². The van der Waals surface area contributed by atoms with E-state index in [0.717, 1.165) is 28.3 Å². The molecule has 0 aliphatic heterocycles. The van der Waals surface area contributed by atoms with Gasteiger partial charge < -0.3 is 9.53 Å². The summed E-state index contributed by atoms with van der Waals surface area (Å²) >= 11 is 1.58. The van der Waals surface area contributed by atoms with E-state index < -0.39 is 0 Å². The van der Waals surface area contributed by atoms with Crippen LogP contribution in [-0.4, -0.2) is 18.4 Å². The van der Waals surface area contributed by atoms with Gasteiger partial charge in [-0.05, 0) is 12.1 Å². The van der Waals surface area contributed by atoms with Crippen molar-refractivity contribution in [2.75, 3.05) is 7.11 Å². The van der Waals surface area contributed by atoms with Crippen LogP contribution in [0.2, 0.25) is 0 Å². The number of aryl methyl sites for hydroxylation is 1. The first-order chi connectivity index (χ1) is 8.35. The van der Waals surface area contributed by atoms with E-state index in [2.05, 4.69) is 4.98 Å². The van der Waals surface area contributed by atoms with Gasteiger partial charge in [0.25, 0.3) is 0 Å². The zero-order chi connectivity index (χ0) is 12.1. The summed E-state index contributed by atoms with van der Waals surface area (Å²) in [5, 5.41) is 2.98. The van der Waals surface area contributed by atoms with Gasteiger partial charge in [0.15, 0.2) is 0 Å². The molecule has 0 spiro atoms. The SMILES string of the molecule is COc1ccccc1-c1csc(CCC=O)n1. The van der Waals surface area contributed by atoms with Crippen LogP contribution in [-0.2, 0) is 11.2 Å². The van der Waals surface area contributed by atoms with E-state index in [1.54, 1.807) is 18.4 Å². The predicted octanol–water partition coefficient (Wildman–Crippen LogP) is 2.95. The lowest BCUT2D eigenvalue weighted by atomic mass is 10.1. The van der Waals surface area contributed by atoms with Gasteiger partial charge in [-0.3, -0.25) is 0 Å². The second-order valence-corrected chi connectivity index (χ2v) is 4.47. The maximum absolute atomic E-state index is 10.3. The van der Waals surface area contributed by atoms with E-state index in [9.17, 15) is 4.79 Å². The monoisotopic (exact) mass is 247 g/mol. The number of nitrogens with zero attached hydrogens (tertiary/aromatic N) is 1. The molecule has 0 unspecified atom stereocenters. The topological polar surface area (TPSA) is 39.2 Å². The molecule has 1 heterocycles. The van der Waals surface area contributed by atoms with Crippen LogP contribution in [0.4, 0.5) is 0 Å². The average Bonchev–Trinajstić information content (AvgIpc) is 2.85. The number of para-hydroxylation sites is 1. The Morgan fingerprint density at radius 3 is 3.00 bits per heavy atom. The molecule has 1 aromatic carbocycles. The number of aromatic nitrogens is 1. The van der Waals surface area contributed by atoms with Crippen LogP contribution < -0.4 is 4.74 Å². The minimum Gasteiger partial charge on any atom is -0.496 e. The zero-order valence-corrected chi connectivity index (χ0v) is 10.4. The number of methoxy groups -OCH3 is 1. The van der Waals surface area contributed by atoms with Gasteiger partial charge in [0.1, 0.15) is 12.0 Å². The number of rotatable bonds is 5. The number of carbonyl (C=O) groups excluding carboxylic acids is 1. The van der Waals surface area contributed by atoms with Gasteiger partial charge in [0.05, 0.1) is 17.8 Å². The van der Waals surface area contributed by atoms with Gasteiger partial charge in [-0.2, -0.15) is 0 Å². The number of hydrogen-bond acceptors (Lipinski definition) is 4. The molecule has 0 N–H and O–H groups in total. The number of thiazole rings is 1. The minimum atomic E-state index is 0.527. The molecule has 0 fully saturated rings. The molecule has 88 valence electrons. The summed E-state index contributed by atoms with van der Waals surface area (Å²) in [6, 6.07) is 7.79. The van der Waals surface area contributed by atoms with Gasteiger partial charge in [-0.15, -0.1) is 11.3 Å². The standard InChI is InChI=1S/C13H13NO2S/c1-16-12-6-3-2-5-10(12)11-9-17-13(14-11)7-4-8-15/h2-3,5-6,8-9H,4,7H2,1H3. The smallest absolute Gasteiger partial charge is 0.128 e. The van der Waals surface area contributed by atoms with Crippen molar-refractivity contribution in [3.63, 3.8) is 0 Å². The van der Waals surface area contributed by atoms with Crippen molar-refractivity contribution in [2.24, 2.45) is 0 Å². The molecule has 3 nitrogen and oxygen atoms in total. The molecule has 0 aliphatic carbocycles. The van der Waals surface area contributed by atoms with E-state index in [1.807, 2.05) is 29.6 Å². The van der Waals surface area contributed by atoms with Crippen LogP contribution in [0.3, 0.4) is 0 Å². The van der Waals surface area contributed by atoms with Gasteiger partial charge in [0.2, 0.25) is 0 Å². The summed E-state index contributed by atoms with van der Waals surface area (Å²) < 4.78 is 5.30. The largest absolute Gasteiger partial charge is 0.496 e. The van der Waals surface area contributed by atoms with Crippen molar-refractivity contribution in [3.8, 4) is 17.0 Å². The van der Waals surface area contributed by atoms with E-state index >= 15 is 0 Å². The number of ether oxygens (including phenoxy) is 1. The normalized spacial score (nSPS) is 10.2. The maximum atomic E-state index is 10.3. The lowest BCUT2D eigenvalue weighted by Gasteiger charge is -2.04. The Hall–Kier alpha value is -1.68. The first-order valence-corrected chi connectivity index (χ1v) is 6.24. The Labute approximate surface area is 104 Å². The number of hydrogen-bond donors (Lipinski definition) is 0. The first-order valence-electron chi connectivity index (χ1n) is 5.36. The van der Waals surface area contributed by atoms with Crippen LogP contribution in [0.5, 0.6) is 5.75 Å². The van der Waals surface area contributed by atoms with E-state index in [4.69, 9.17) is 4.74 Å². The number of aldehydes is 1. The molecule has 2 rings (SSSR count). The second-order valence-electron chi connectivity index (χ2n) is 3.53. The summed E-state index contributed by atoms with van der Waals surface area (Å²) in [5.41, 5.74) is 1.90. The lowest BCUT2D eigenvalue weighted by Crippen LogP contribution is -1.89. The van der Waals surface area contributed by atoms with Crippen LogP contribution in [0.1, 0.15) is 11.4 Å². The maximum Gasteiger partial charge on any atom is 0.128 e.